The predicted octanol–water partition coefficient (Wildman–Crippen LogP) is 4.86. The van der Waals surface area contributed by atoms with E-state index in [1.165, 1.54) is 4.80 Å². The van der Waals surface area contributed by atoms with Crippen LogP contribution in [0.5, 0.6) is 0 Å². The highest BCUT2D eigenvalue weighted by Crippen LogP contribution is 2.19. The molecule has 0 spiro atoms. The van der Waals surface area contributed by atoms with Crippen LogP contribution in [0, 0.1) is 5.92 Å². The molecule has 1 heterocycles. The number of hydrogen-bond donors (Lipinski definition) is 1. The molecule has 1 aliphatic carbocycles. The maximum absolute atomic E-state index is 10.1. The van der Waals surface area contributed by atoms with Crippen molar-refractivity contribution >= 4 is 17.8 Å². The van der Waals surface area contributed by atoms with Crippen molar-refractivity contribution in [2.24, 2.45) is 5.92 Å². The second-order valence-electron chi connectivity index (χ2n) is 4.61. The Morgan fingerprint density at radius 1 is 1.05 bits per heavy atom. The van der Waals surface area contributed by atoms with Gasteiger partial charge in [-0.25, -0.2) is 0 Å². The summed E-state index contributed by atoms with van der Waals surface area (Å²) in [5.41, 5.74) is 2.16. The minimum Gasteiger partial charge on any atom is -0.506 e. The fraction of sp³-hybridized carbons (Fsp3) is 0.333. The minimum absolute atomic E-state index is 0.136. The van der Waals surface area contributed by atoms with Crippen molar-refractivity contribution in [2.75, 3.05) is 0 Å². The van der Waals surface area contributed by atoms with Crippen molar-refractivity contribution in [3.05, 3.63) is 53.6 Å². The standard InChI is InChI=1S/C16H19N3O.C2H6/c1-4-6-15(16(20)7-5-2)19-17-13-10-8-12(3)9-11-14(13)18-19;1-2/h4-12,20H,1-3H3;1-2H3/b6-4-,7-5-,16-15-;. The fourth-order valence-electron chi connectivity index (χ4n) is 1.88. The highest BCUT2D eigenvalue weighted by molar-refractivity contribution is 5.65. The van der Waals surface area contributed by atoms with Gasteiger partial charge in [-0.05, 0) is 44.1 Å². The van der Waals surface area contributed by atoms with Crippen LogP contribution >= 0.6 is 0 Å². The van der Waals surface area contributed by atoms with E-state index in [0.29, 0.717) is 11.6 Å². The lowest BCUT2D eigenvalue weighted by Crippen LogP contribution is -2.03. The van der Waals surface area contributed by atoms with E-state index in [2.05, 4.69) is 29.3 Å². The van der Waals surface area contributed by atoms with Crippen LogP contribution in [-0.2, 0) is 0 Å². The van der Waals surface area contributed by atoms with Gasteiger partial charge in [-0.3, -0.25) is 0 Å². The summed E-state index contributed by atoms with van der Waals surface area (Å²) in [5.74, 6) is 0.513. The molecular weight excluding hydrogens is 274 g/mol. The Morgan fingerprint density at radius 2 is 1.55 bits per heavy atom. The van der Waals surface area contributed by atoms with Crippen LogP contribution in [0.15, 0.2) is 42.2 Å². The maximum Gasteiger partial charge on any atom is 0.142 e. The SMILES string of the molecule is CC.C\C=C/C(O)=C(\C=C/C)n1nc2c(n1)C=CC(C)C=C2. The summed E-state index contributed by atoms with van der Waals surface area (Å²) in [5, 5.41) is 18.9. The third-order valence-electron chi connectivity index (χ3n) is 2.91. The van der Waals surface area contributed by atoms with Gasteiger partial charge >= 0.3 is 0 Å². The number of fused-ring (bicyclic) bond motifs is 1. The van der Waals surface area contributed by atoms with Gasteiger partial charge in [0.1, 0.15) is 22.8 Å². The van der Waals surface area contributed by atoms with E-state index in [4.69, 9.17) is 0 Å². The lowest BCUT2D eigenvalue weighted by Gasteiger charge is -2.02. The zero-order chi connectivity index (χ0) is 16.5. The Bertz CT molecular complexity index is 599. The van der Waals surface area contributed by atoms with Crippen LogP contribution in [0.4, 0.5) is 0 Å². The second-order valence-corrected chi connectivity index (χ2v) is 4.61. The van der Waals surface area contributed by atoms with Crippen LogP contribution in [0.3, 0.4) is 0 Å². The number of hydrogen-bond acceptors (Lipinski definition) is 3. The smallest absolute Gasteiger partial charge is 0.142 e. The topological polar surface area (TPSA) is 50.9 Å². The average molecular weight is 299 g/mol. The van der Waals surface area contributed by atoms with E-state index in [-0.39, 0.29) is 5.76 Å². The van der Waals surface area contributed by atoms with Gasteiger partial charge in [-0.15, -0.1) is 15.0 Å². The maximum atomic E-state index is 10.1. The largest absolute Gasteiger partial charge is 0.506 e. The quantitative estimate of drug-likeness (QED) is 0.640. The third kappa shape index (κ3) is 4.32. The predicted molar refractivity (Wildman–Crippen MR) is 94.1 cm³/mol. The van der Waals surface area contributed by atoms with E-state index >= 15 is 0 Å². The highest BCUT2D eigenvalue weighted by Gasteiger charge is 2.12. The van der Waals surface area contributed by atoms with Crippen molar-refractivity contribution in [3.8, 4) is 0 Å². The third-order valence-corrected chi connectivity index (χ3v) is 2.91. The van der Waals surface area contributed by atoms with Gasteiger partial charge in [0.25, 0.3) is 0 Å². The van der Waals surface area contributed by atoms with Crippen LogP contribution in [0.1, 0.15) is 46.0 Å². The molecule has 0 radical (unpaired) electrons. The molecule has 0 unspecified atom stereocenters. The summed E-state index contributed by atoms with van der Waals surface area (Å²) in [6, 6.07) is 0. The molecule has 1 aromatic heterocycles. The Kier molecular flexibility index (Phi) is 7.09. The molecule has 0 amide bonds. The van der Waals surface area contributed by atoms with Gasteiger partial charge in [0.05, 0.1) is 0 Å². The summed E-state index contributed by atoms with van der Waals surface area (Å²) in [6.45, 7) is 9.84. The Labute approximate surface area is 132 Å². The van der Waals surface area contributed by atoms with Gasteiger partial charge in [0.15, 0.2) is 0 Å². The lowest BCUT2D eigenvalue weighted by molar-refractivity contribution is 0.430. The van der Waals surface area contributed by atoms with Crippen molar-refractivity contribution in [1.82, 2.24) is 15.0 Å². The first-order chi connectivity index (χ1) is 10.7. The normalized spacial score (nSPS) is 15.5. The summed E-state index contributed by atoms with van der Waals surface area (Å²) < 4.78 is 0. The minimum atomic E-state index is 0.136. The number of aliphatic hydroxyl groups excluding tert-OH is 1. The van der Waals surface area contributed by atoms with Crippen LogP contribution < -0.4 is 0 Å². The molecule has 0 aliphatic heterocycles. The fourth-order valence-corrected chi connectivity index (χ4v) is 1.88. The zero-order valence-electron chi connectivity index (χ0n) is 14.0. The van der Waals surface area contributed by atoms with Gasteiger partial charge in [-0.2, -0.15) is 0 Å². The van der Waals surface area contributed by atoms with Gasteiger partial charge in [0, 0.05) is 0 Å². The molecule has 0 saturated carbocycles. The van der Waals surface area contributed by atoms with E-state index in [9.17, 15) is 5.11 Å². The molecule has 118 valence electrons. The number of rotatable bonds is 3. The number of aliphatic hydroxyl groups is 1. The van der Waals surface area contributed by atoms with Crippen molar-refractivity contribution in [2.45, 2.75) is 34.6 Å². The molecule has 4 nitrogen and oxygen atoms in total. The zero-order valence-corrected chi connectivity index (χ0v) is 14.0. The van der Waals surface area contributed by atoms with Gasteiger partial charge < -0.3 is 5.11 Å². The monoisotopic (exact) mass is 299 g/mol. The van der Waals surface area contributed by atoms with E-state index in [1.54, 1.807) is 18.2 Å². The average Bonchev–Trinajstić information content (AvgIpc) is 2.85. The lowest BCUT2D eigenvalue weighted by atomic mass is 10.2. The van der Waals surface area contributed by atoms with Crippen molar-refractivity contribution in [1.29, 1.82) is 0 Å². The Balaban J connectivity index is 0.00000116. The first-order valence-corrected chi connectivity index (χ1v) is 7.68. The van der Waals surface area contributed by atoms with Crippen molar-refractivity contribution < 1.29 is 5.11 Å². The van der Waals surface area contributed by atoms with Crippen LogP contribution in [0.25, 0.3) is 17.8 Å². The van der Waals surface area contributed by atoms with E-state index < -0.39 is 0 Å². The van der Waals surface area contributed by atoms with E-state index in [1.807, 2.05) is 45.9 Å². The summed E-state index contributed by atoms with van der Waals surface area (Å²) in [6.07, 6.45) is 15.1. The number of allylic oxidation sites excluding steroid dienone is 7. The first kappa shape index (κ1) is 17.7. The molecule has 4 heteroatoms. The molecule has 0 aromatic carbocycles. The van der Waals surface area contributed by atoms with Crippen LogP contribution in [0.2, 0.25) is 0 Å². The molecule has 1 aliphatic rings. The second kappa shape index (κ2) is 8.82. The molecular formula is C18H25N3O. The molecule has 22 heavy (non-hydrogen) atoms. The molecule has 1 aromatic rings. The molecule has 0 atom stereocenters. The number of aromatic nitrogens is 3. The molecule has 0 bridgehead atoms. The molecule has 2 rings (SSSR count). The van der Waals surface area contributed by atoms with Gasteiger partial charge in [0.2, 0.25) is 0 Å². The summed E-state index contributed by atoms with van der Waals surface area (Å²) >= 11 is 0. The molecule has 0 saturated heterocycles. The van der Waals surface area contributed by atoms with Crippen molar-refractivity contribution in [3.63, 3.8) is 0 Å². The Hall–Kier alpha value is -2.36. The summed E-state index contributed by atoms with van der Waals surface area (Å²) in [4.78, 5) is 1.46. The van der Waals surface area contributed by atoms with E-state index in [0.717, 1.165) is 11.4 Å². The Morgan fingerprint density at radius 3 is 2.00 bits per heavy atom. The first-order valence-electron chi connectivity index (χ1n) is 7.68. The number of nitrogens with zero attached hydrogens (tertiary/aromatic N) is 3. The molecule has 1 N–H and O–H groups in total. The summed E-state index contributed by atoms with van der Waals surface area (Å²) in [7, 11) is 0. The molecule has 0 fully saturated rings. The van der Waals surface area contributed by atoms with Gasteiger partial charge in [-0.1, -0.05) is 45.1 Å². The van der Waals surface area contributed by atoms with Crippen LogP contribution in [-0.4, -0.2) is 20.1 Å². The highest BCUT2D eigenvalue weighted by atomic mass is 16.3.